The van der Waals surface area contributed by atoms with Crippen LogP contribution in [0.25, 0.3) is 0 Å². The van der Waals surface area contributed by atoms with Gasteiger partial charge in [0.25, 0.3) is 0 Å². The highest BCUT2D eigenvalue weighted by molar-refractivity contribution is 7.80. The van der Waals surface area contributed by atoms with Crippen LogP contribution in [0.2, 0.25) is 0 Å². The number of ether oxygens (including phenoxy) is 1. The van der Waals surface area contributed by atoms with Crippen LogP contribution in [0.3, 0.4) is 0 Å². The largest absolute Gasteiger partial charge is 0.481 e. The van der Waals surface area contributed by atoms with Crippen LogP contribution >= 0.6 is 12.2 Å². The number of methoxy groups -OCH3 is 1. The molecular weight excluding hydrogens is 272 g/mol. The number of hydrogen-bond acceptors (Lipinski definition) is 4. The van der Waals surface area contributed by atoms with Gasteiger partial charge in [-0.25, -0.2) is 9.97 Å². The molecule has 0 radical (unpaired) electrons. The Morgan fingerprint density at radius 2 is 2.00 bits per heavy atom. The van der Waals surface area contributed by atoms with Gasteiger partial charge in [0.15, 0.2) is 5.11 Å². The zero-order chi connectivity index (χ0) is 14.4. The Balaban J connectivity index is 1.95. The van der Waals surface area contributed by atoms with E-state index in [1.807, 2.05) is 37.3 Å². The molecule has 2 rings (SSSR count). The Kier molecular flexibility index (Phi) is 4.84. The van der Waals surface area contributed by atoms with Gasteiger partial charge in [0.1, 0.15) is 12.1 Å². The van der Waals surface area contributed by atoms with Gasteiger partial charge in [-0.2, -0.15) is 0 Å². The topological polar surface area (TPSA) is 59.1 Å². The molecule has 0 spiro atoms. The number of anilines is 1. The molecule has 0 saturated heterocycles. The molecule has 0 aliphatic heterocycles. The molecule has 1 aromatic heterocycles. The molecule has 1 unspecified atom stereocenters. The molecule has 0 aliphatic carbocycles. The molecule has 104 valence electrons. The van der Waals surface area contributed by atoms with E-state index >= 15 is 0 Å². The SMILES string of the molecule is COc1cc(NC(=S)NC(C)c2ccccc2)ncn1. The molecule has 0 amide bonds. The van der Waals surface area contributed by atoms with Gasteiger partial charge >= 0.3 is 0 Å². The minimum atomic E-state index is 0.111. The fourth-order valence-corrected chi connectivity index (χ4v) is 1.97. The van der Waals surface area contributed by atoms with Gasteiger partial charge in [-0.1, -0.05) is 30.3 Å². The van der Waals surface area contributed by atoms with E-state index in [-0.39, 0.29) is 6.04 Å². The fourth-order valence-electron chi connectivity index (χ4n) is 1.69. The molecule has 1 heterocycles. The summed E-state index contributed by atoms with van der Waals surface area (Å²) in [5, 5.41) is 6.71. The average Bonchev–Trinajstić information content (AvgIpc) is 2.48. The molecule has 1 atom stereocenters. The molecule has 0 fully saturated rings. The highest BCUT2D eigenvalue weighted by Crippen LogP contribution is 2.13. The second-order valence-electron chi connectivity index (χ2n) is 4.18. The lowest BCUT2D eigenvalue weighted by Crippen LogP contribution is -2.31. The number of benzene rings is 1. The molecule has 2 N–H and O–H groups in total. The molecule has 5 nitrogen and oxygen atoms in total. The summed E-state index contributed by atoms with van der Waals surface area (Å²) in [6.45, 7) is 2.05. The predicted molar refractivity (Wildman–Crippen MR) is 82.8 cm³/mol. The van der Waals surface area contributed by atoms with Crippen molar-refractivity contribution in [3.8, 4) is 5.88 Å². The second-order valence-corrected chi connectivity index (χ2v) is 4.58. The van der Waals surface area contributed by atoms with Gasteiger partial charge in [-0.3, -0.25) is 0 Å². The van der Waals surface area contributed by atoms with Crippen molar-refractivity contribution < 1.29 is 4.74 Å². The summed E-state index contributed by atoms with van der Waals surface area (Å²) < 4.78 is 5.03. The van der Waals surface area contributed by atoms with Gasteiger partial charge in [0, 0.05) is 6.07 Å². The first-order chi connectivity index (χ1) is 9.69. The van der Waals surface area contributed by atoms with E-state index in [4.69, 9.17) is 17.0 Å². The van der Waals surface area contributed by atoms with Crippen LogP contribution in [0.1, 0.15) is 18.5 Å². The summed E-state index contributed by atoms with van der Waals surface area (Å²) in [4.78, 5) is 8.01. The number of nitrogens with one attached hydrogen (secondary N) is 2. The molecule has 2 aromatic rings. The Hall–Kier alpha value is -2.21. The number of hydrogen-bond donors (Lipinski definition) is 2. The maximum atomic E-state index is 5.27. The van der Waals surface area contributed by atoms with Crippen molar-refractivity contribution in [1.82, 2.24) is 15.3 Å². The van der Waals surface area contributed by atoms with Crippen molar-refractivity contribution in [3.05, 3.63) is 48.3 Å². The van der Waals surface area contributed by atoms with Crippen molar-refractivity contribution >= 4 is 23.1 Å². The zero-order valence-corrected chi connectivity index (χ0v) is 12.1. The highest BCUT2D eigenvalue weighted by Gasteiger charge is 2.07. The lowest BCUT2D eigenvalue weighted by atomic mass is 10.1. The Bertz CT molecular complexity index is 576. The van der Waals surface area contributed by atoms with Gasteiger partial charge in [-0.15, -0.1) is 0 Å². The van der Waals surface area contributed by atoms with Crippen molar-refractivity contribution in [1.29, 1.82) is 0 Å². The van der Waals surface area contributed by atoms with Crippen LogP contribution in [0.5, 0.6) is 5.88 Å². The summed E-state index contributed by atoms with van der Waals surface area (Å²) in [7, 11) is 1.56. The van der Waals surface area contributed by atoms with E-state index < -0.39 is 0 Å². The first-order valence-corrected chi connectivity index (χ1v) is 6.58. The number of aromatic nitrogens is 2. The lowest BCUT2D eigenvalue weighted by molar-refractivity contribution is 0.397. The van der Waals surface area contributed by atoms with E-state index in [2.05, 4.69) is 20.6 Å². The first-order valence-electron chi connectivity index (χ1n) is 6.17. The van der Waals surface area contributed by atoms with Crippen molar-refractivity contribution in [2.75, 3.05) is 12.4 Å². The molecule has 1 aromatic carbocycles. The monoisotopic (exact) mass is 288 g/mol. The van der Waals surface area contributed by atoms with Gasteiger partial charge in [0.05, 0.1) is 13.2 Å². The van der Waals surface area contributed by atoms with Crippen LogP contribution in [0.15, 0.2) is 42.7 Å². The van der Waals surface area contributed by atoms with Crippen LogP contribution in [0.4, 0.5) is 5.82 Å². The van der Waals surface area contributed by atoms with Gasteiger partial charge < -0.3 is 15.4 Å². The van der Waals surface area contributed by atoms with E-state index in [1.165, 1.54) is 6.33 Å². The lowest BCUT2D eigenvalue weighted by Gasteiger charge is -2.17. The fraction of sp³-hybridized carbons (Fsp3) is 0.214. The van der Waals surface area contributed by atoms with E-state index in [0.717, 1.165) is 5.56 Å². The van der Waals surface area contributed by atoms with Crippen LogP contribution in [0, 0.1) is 0 Å². The minimum absolute atomic E-state index is 0.111. The minimum Gasteiger partial charge on any atom is -0.481 e. The maximum absolute atomic E-state index is 5.27. The normalized spacial score (nSPS) is 11.5. The number of nitrogens with zero attached hydrogens (tertiary/aromatic N) is 2. The molecule has 0 aliphatic rings. The van der Waals surface area contributed by atoms with E-state index in [1.54, 1.807) is 13.2 Å². The third kappa shape index (κ3) is 3.89. The van der Waals surface area contributed by atoms with Crippen molar-refractivity contribution in [2.24, 2.45) is 0 Å². The summed E-state index contributed by atoms with van der Waals surface area (Å²) in [6, 6.07) is 11.9. The quantitative estimate of drug-likeness (QED) is 0.843. The third-order valence-corrected chi connectivity index (χ3v) is 2.96. The Morgan fingerprint density at radius 3 is 2.70 bits per heavy atom. The van der Waals surface area contributed by atoms with Crippen LogP contribution in [-0.2, 0) is 0 Å². The summed E-state index contributed by atoms with van der Waals surface area (Å²) in [6.07, 6.45) is 1.42. The summed E-state index contributed by atoms with van der Waals surface area (Å²) >= 11 is 5.27. The van der Waals surface area contributed by atoms with Crippen LogP contribution < -0.4 is 15.4 Å². The maximum Gasteiger partial charge on any atom is 0.218 e. The molecule has 0 saturated carbocycles. The number of rotatable bonds is 4. The Morgan fingerprint density at radius 1 is 1.25 bits per heavy atom. The van der Waals surface area contributed by atoms with Crippen molar-refractivity contribution in [2.45, 2.75) is 13.0 Å². The van der Waals surface area contributed by atoms with Crippen LogP contribution in [-0.4, -0.2) is 22.2 Å². The standard InChI is InChI=1S/C14H16N4OS/c1-10(11-6-4-3-5-7-11)17-14(20)18-12-8-13(19-2)16-9-15-12/h3-10H,1-2H3,(H2,15,16,17,18,20). The van der Waals surface area contributed by atoms with Gasteiger partial charge in [0.2, 0.25) is 5.88 Å². The van der Waals surface area contributed by atoms with Gasteiger partial charge in [-0.05, 0) is 24.7 Å². The molecule has 20 heavy (non-hydrogen) atoms. The second kappa shape index (κ2) is 6.81. The molecule has 6 heteroatoms. The predicted octanol–water partition coefficient (Wildman–Crippen LogP) is 2.53. The molecule has 0 bridgehead atoms. The summed E-state index contributed by atoms with van der Waals surface area (Å²) in [5.74, 6) is 1.08. The van der Waals surface area contributed by atoms with E-state index in [9.17, 15) is 0 Å². The highest BCUT2D eigenvalue weighted by atomic mass is 32.1. The summed E-state index contributed by atoms with van der Waals surface area (Å²) in [5.41, 5.74) is 1.16. The van der Waals surface area contributed by atoms with Crippen molar-refractivity contribution in [3.63, 3.8) is 0 Å². The zero-order valence-electron chi connectivity index (χ0n) is 11.3. The third-order valence-electron chi connectivity index (χ3n) is 2.74. The smallest absolute Gasteiger partial charge is 0.218 e. The molecular formula is C14H16N4OS. The number of thiocarbonyl (C=S) groups is 1. The average molecular weight is 288 g/mol. The Labute approximate surface area is 123 Å². The first kappa shape index (κ1) is 14.2. The van der Waals surface area contributed by atoms with E-state index in [0.29, 0.717) is 16.8 Å².